The third kappa shape index (κ3) is 8.49. The smallest absolute Gasteiger partial charge is 0.311 e. The van der Waals surface area contributed by atoms with E-state index in [0.29, 0.717) is 29.7 Å². The zero-order valence-electron chi connectivity index (χ0n) is 22.1. The van der Waals surface area contributed by atoms with E-state index in [0.717, 1.165) is 19.3 Å². The molecular formula is C25H50O3Si2. The number of hydrogen-bond acceptors (Lipinski definition) is 3. The van der Waals surface area contributed by atoms with Crippen molar-refractivity contribution >= 4 is 22.4 Å². The molecule has 0 aliphatic heterocycles. The molecule has 0 aliphatic rings. The first kappa shape index (κ1) is 29.4. The van der Waals surface area contributed by atoms with Gasteiger partial charge < -0.3 is 9.16 Å². The number of methoxy groups -OCH3 is 1. The number of carbonyl (C=O) groups excluding carboxylic acids is 1. The lowest BCUT2D eigenvalue weighted by atomic mass is 9.81. The summed E-state index contributed by atoms with van der Waals surface area (Å²) in [6.45, 7) is 25.6. The van der Waals surface area contributed by atoms with Gasteiger partial charge in [0.25, 0.3) is 0 Å². The lowest BCUT2D eigenvalue weighted by Crippen LogP contribution is -2.48. The Morgan fingerprint density at radius 3 is 1.87 bits per heavy atom. The topological polar surface area (TPSA) is 35.5 Å². The Morgan fingerprint density at radius 1 is 1.00 bits per heavy atom. The standard InChI is InChI=1S/C25H50O3Si2/c1-13-23(15-19-29(10,11)12)14-16-25(8,24(26)27-9)17-18-28-30(20(2)3,21(4)5)22(6)7/h19-22H,13-14,16-18H2,1-12H3. The third-order valence-electron chi connectivity index (χ3n) is 6.51. The molecule has 0 saturated carbocycles. The molecule has 1 atom stereocenters. The van der Waals surface area contributed by atoms with E-state index < -0.39 is 21.8 Å². The first-order valence-corrected chi connectivity index (χ1v) is 17.6. The van der Waals surface area contributed by atoms with Crippen molar-refractivity contribution in [2.24, 2.45) is 5.41 Å². The van der Waals surface area contributed by atoms with Crippen molar-refractivity contribution in [3.63, 3.8) is 0 Å². The van der Waals surface area contributed by atoms with Crippen LogP contribution in [0.25, 0.3) is 0 Å². The minimum atomic E-state index is -1.93. The molecule has 3 nitrogen and oxygen atoms in total. The maximum Gasteiger partial charge on any atom is 0.311 e. The predicted molar refractivity (Wildman–Crippen MR) is 136 cm³/mol. The van der Waals surface area contributed by atoms with Crippen LogP contribution >= 0.6 is 0 Å². The summed E-state index contributed by atoms with van der Waals surface area (Å²) >= 11 is 0. The molecule has 0 aromatic heterocycles. The van der Waals surface area contributed by atoms with E-state index in [4.69, 9.17) is 9.16 Å². The molecule has 176 valence electrons. The number of carbonyl (C=O) groups is 1. The Balaban J connectivity index is 5.46. The molecule has 30 heavy (non-hydrogen) atoms. The summed E-state index contributed by atoms with van der Waals surface area (Å²) in [5, 5.41) is 0. The van der Waals surface area contributed by atoms with E-state index in [-0.39, 0.29) is 5.97 Å². The normalized spacial score (nSPS) is 14.6. The molecule has 0 saturated heterocycles. The van der Waals surface area contributed by atoms with Gasteiger partial charge in [-0.25, -0.2) is 0 Å². The van der Waals surface area contributed by atoms with Crippen LogP contribution in [0.1, 0.15) is 81.1 Å². The van der Waals surface area contributed by atoms with Gasteiger partial charge in [-0.3, -0.25) is 4.79 Å². The van der Waals surface area contributed by atoms with E-state index in [1.807, 2.05) is 6.92 Å². The Morgan fingerprint density at radius 2 is 1.50 bits per heavy atom. The lowest BCUT2D eigenvalue weighted by molar-refractivity contribution is -0.153. The van der Waals surface area contributed by atoms with E-state index in [9.17, 15) is 4.79 Å². The molecule has 0 aliphatic carbocycles. The highest BCUT2D eigenvalue weighted by Crippen LogP contribution is 2.43. The van der Waals surface area contributed by atoms with Crippen LogP contribution in [0.5, 0.6) is 0 Å². The van der Waals surface area contributed by atoms with Gasteiger partial charge >= 0.3 is 5.97 Å². The second-order valence-corrected chi connectivity index (χ2v) is 21.6. The highest BCUT2D eigenvalue weighted by Gasteiger charge is 2.45. The average Bonchev–Trinajstić information content (AvgIpc) is 2.62. The number of rotatable bonds is 13. The summed E-state index contributed by atoms with van der Waals surface area (Å²) in [6.07, 6.45) is 3.33. The maximum atomic E-state index is 12.7. The quantitative estimate of drug-likeness (QED) is 0.161. The highest BCUT2D eigenvalue weighted by molar-refractivity contribution is 6.80. The molecule has 0 radical (unpaired) electrons. The molecule has 1 unspecified atom stereocenters. The molecule has 0 fully saturated rings. The lowest BCUT2D eigenvalue weighted by Gasteiger charge is -2.43. The number of hydrogen-bond donors (Lipinski definition) is 0. The van der Waals surface area contributed by atoms with Crippen LogP contribution in [0.4, 0.5) is 0 Å². The summed E-state index contributed by atoms with van der Waals surface area (Å²) in [6, 6.07) is 0. The first-order valence-electron chi connectivity index (χ1n) is 11.8. The van der Waals surface area contributed by atoms with Crippen LogP contribution < -0.4 is 0 Å². The van der Waals surface area contributed by atoms with E-state index in [2.05, 4.69) is 79.5 Å². The average molecular weight is 455 g/mol. The molecular weight excluding hydrogens is 404 g/mol. The van der Waals surface area contributed by atoms with Crippen LogP contribution in [0.15, 0.2) is 17.0 Å². The van der Waals surface area contributed by atoms with Crippen molar-refractivity contribution < 1.29 is 14.0 Å². The first-order chi connectivity index (χ1) is 13.7. The van der Waals surface area contributed by atoms with Crippen molar-refractivity contribution in [2.45, 2.75) is 117 Å². The molecule has 0 spiro atoms. The molecule has 0 heterocycles. The Kier molecular flexibility index (Phi) is 12.2. The Hall–Kier alpha value is -0.616. The molecule has 0 N–H and O–H groups in total. The Bertz CT molecular complexity index is 574. The fourth-order valence-corrected chi connectivity index (χ4v) is 10.7. The fraction of sp³-hybridized carbons (Fsp3) is 0.840. The molecule has 0 aromatic carbocycles. The largest absolute Gasteiger partial charge is 0.469 e. The fourth-order valence-electron chi connectivity index (χ4n) is 4.62. The zero-order chi connectivity index (χ0) is 23.8. The van der Waals surface area contributed by atoms with Crippen molar-refractivity contribution in [1.29, 1.82) is 0 Å². The second kappa shape index (κ2) is 12.4. The summed E-state index contributed by atoms with van der Waals surface area (Å²) in [4.78, 5) is 12.7. The summed E-state index contributed by atoms with van der Waals surface area (Å²) in [5.74, 6) is -0.123. The molecule has 0 rings (SSSR count). The van der Waals surface area contributed by atoms with Crippen molar-refractivity contribution in [1.82, 2.24) is 0 Å². The minimum Gasteiger partial charge on any atom is -0.469 e. The predicted octanol–water partition coefficient (Wildman–Crippen LogP) is 7.90. The van der Waals surface area contributed by atoms with Gasteiger partial charge in [-0.05, 0) is 54.8 Å². The van der Waals surface area contributed by atoms with Crippen molar-refractivity contribution in [3.05, 3.63) is 17.0 Å². The zero-order valence-corrected chi connectivity index (χ0v) is 24.1. The summed E-state index contributed by atoms with van der Waals surface area (Å²) in [5.41, 5.74) is 8.22. The molecule has 0 bridgehead atoms. The highest BCUT2D eigenvalue weighted by atomic mass is 28.4. The number of ether oxygens (including phenoxy) is 1. The van der Waals surface area contributed by atoms with Gasteiger partial charge in [0.15, 0.2) is 8.32 Å². The van der Waals surface area contributed by atoms with Gasteiger partial charge in [0.1, 0.15) is 0 Å². The number of esters is 1. The minimum absolute atomic E-state index is 0.123. The molecule has 0 amide bonds. The summed E-state index contributed by atoms with van der Waals surface area (Å²) < 4.78 is 11.9. The van der Waals surface area contributed by atoms with Gasteiger partial charge in [0, 0.05) is 6.61 Å². The van der Waals surface area contributed by atoms with Gasteiger partial charge in [0.05, 0.1) is 20.6 Å². The second-order valence-electron chi connectivity index (χ2n) is 11.1. The van der Waals surface area contributed by atoms with Crippen LogP contribution in [0.3, 0.4) is 0 Å². The maximum absolute atomic E-state index is 12.7. The van der Waals surface area contributed by atoms with Crippen LogP contribution in [0, 0.1) is 5.41 Å². The van der Waals surface area contributed by atoms with E-state index >= 15 is 0 Å². The van der Waals surface area contributed by atoms with Gasteiger partial charge in [-0.1, -0.05) is 73.8 Å². The van der Waals surface area contributed by atoms with Crippen LogP contribution in [0.2, 0.25) is 36.3 Å². The van der Waals surface area contributed by atoms with E-state index in [1.54, 1.807) is 0 Å². The number of allylic oxidation sites excluding steroid dienone is 1. The third-order valence-corrected chi connectivity index (χ3v) is 13.6. The van der Waals surface area contributed by atoms with Gasteiger partial charge in [0.2, 0.25) is 0 Å². The summed E-state index contributed by atoms with van der Waals surface area (Å²) in [7, 11) is -1.71. The van der Waals surface area contributed by atoms with Gasteiger partial charge in [-0.2, -0.15) is 0 Å². The van der Waals surface area contributed by atoms with Crippen LogP contribution in [-0.4, -0.2) is 36.1 Å². The van der Waals surface area contributed by atoms with Crippen molar-refractivity contribution in [3.8, 4) is 0 Å². The van der Waals surface area contributed by atoms with Crippen molar-refractivity contribution in [2.75, 3.05) is 13.7 Å². The van der Waals surface area contributed by atoms with Crippen LogP contribution in [-0.2, 0) is 14.0 Å². The Labute approximate surface area is 189 Å². The van der Waals surface area contributed by atoms with E-state index in [1.165, 1.54) is 12.7 Å². The SMILES string of the molecule is CCC(=C=C[Si](C)(C)C)CCC(C)(CCO[Si](C(C)C)(C(C)C)C(C)C)C(=O)OC. The monoisotopic (exact) mass is 454 g/mol. The van der Waals surface area contributed by atoms with Gasteiger partial charge in [-0.15, -0.1) is 5.73 Å². The molecule has 0 aromatic rings. The molecule has 5 heteroatoms.